The molecule has 104 valence electrons. The van der Waals surface area contributed by atoms with Crippen LogP contribution in [0.1, 0.15) is 5.56 Å². The van der Waals surface area contributed by atoms with Crippen molar-refractivity contribution >= 4 is 17.7 Å². The highest BCUT2D eigenvalue weighted by Gasteiger charge is 2.05. The summed E-state index contributed by atoms with van der Waals surface area (Å²) < 4.78 is 7.35. The zero-order valence-electron chi connectivity index (χ0n) is 11.1. The number of hydrogen-bond acceptors (Lipinski definition) is 6. The fraction of sp³-hybridized carbons (Fsp3) is 0.308. The van der Waals surface area contributed by atoms with Crippen molar-refractivity contribution in [3.8, 4) is 11.8 Å². The van der Waals surface area contributed by atoms with Gasteiger partial charge in [0.15, 0.2) is 5.16 Å². The Kier molecular flexibility index (Phi) is 4.85. The molecule has 2 aromatic rings. The molecule has 1 aromatic carbocycles. The van der Waals surface area contributed by atoms with E-state index in [1.807, 2.05) is 31.3 Å². The first-order valence-corrected chi connectivity index (χ1v) is 7.05. The third-order valence-electron chi connectivity index (χ3n) is 2.66. The summed E-state index contributed by atoms with van der Waals surface area (Å²) >= 11 is 1.54. The number of rotatable bonds is 6. The van der Waals surface area contributed by atoms with Gasteiger partial charge in [-0.05, 0) is 17.7 Å². The van der Waals surface area contributed by atoms with E-state index < -0.39 is 0 Å². The summed E-state index contributed by atoms with van der Waals surface area (Å²) in [6.07, 6.45) is 0.420. The Morgan fingerprint density at radius 3 is 2.70 bits per heavy atom. The van der Waals surface area contributed by atoms with Gasteiger partial charge in [0, 0.05) is 12.8 Å². The summed E-state index contributed by atoms with van der Waals surface area (Å²) in [6, 6.07) is 9.65. The van der Waals surface area contributed by atoms with Gasteiger partial charge in [-0.3, -0.25) is 4.57 Å². The van der Waals surface area contributed by atoms with E-state index in [9.17, 15) is 0 Å². The quantitative estimate of drug-likeness (QED) is 0.642. The summed E-state index contributed by atoms with van der Waals surface area (Å²) in [5.74, 6) is 1.96. The van der Waals surface area contributed by atoms with Crippen molar-refractivity contribution in [2.75, 3.05) is 18.1 Å². The molecule has 0 saturated carbocycles. The van der Waals surface area contributed by atoms with Crippen LogP contribution >= 0.6 is 11.8 Å². The third-order valence-corrected chi connectivity index (χ3v) is 3.64. The van der Waals surface area contributed by atoms with Gasteiger partial charge in [-0.25, -0.2) is 0 Å². The molecule has 7 heteroatoms. The van der Waals surface area contributed by atoms with Gasteiger partial charge < -0.3 is 10.5 Å². The van der Waals surface area contributed by atoms with Crippen molar-refractivity contribution in [2.45, 2.75) is 11.6 Å². The molecule has 0 aliphatic carbocycles. The van der Waals surface area contributed by atoms with Crippen molar-refractivity contribution in [3.05, 3.63) is 29.8 Å². The number of anilines is 1. The van der Waals surface area contributed by atoms with Gasteiger partial charge in [0.2, 0.25) is 5.95 Å². The van der Waals surface area contributed by atoms with Gasteiger partial charge in [0.25, 0.3) is 0 Å². The van der Waals surface area contributed by atoms with E-state index in [1.54, 1.807) is 4.57 Å². The Morgan fingerprint density at radius 1 is 1.35 bits per heavy atom. The van der Waals surface area contributed by atoms with E-state index in [0.29, 0.717) is 19.0 Å². The molecular weight excluding hydrogens is 274 g/mol. The van der Waals surface area contributed by atoms with Crippen LogP contribution in [0.3, 0.4) is 0 Å². The fourth-order valence-corrected chi connectivity index (χ4v) is 2.27. The lowest BCUT2D eigenvalue weighted by Gasteiger charge is -2.06. The molecule has 20 heavy (non-hydrogen) atoms. The number of nitrogens with zero attached hydrogens (tertiary/aromatic N) is 4. The third kappa shape index (κ3) is 3.65. The molecule has 0 atom stereocenters. The first-order chi connectivity index (χ1) is 9.70. The Bertz CT molecular complexity index is 602. The predicted octanol–water partition coefficient (Wildman–Crippen LogP) is 1.63. The molecule has 0 fully saturated rings. The minimum absolute atomic E-state index is 0.404. The van der Waals surface area contributed by atoms with E-state index in [1.165, 1.54) is 11.8 Å². The van der Waals surface area contributed by atoms with Crippen LogP contribution < -0.4 is 10.5 Å². The molecule has 0 saturated heterocycles. The van der Waals surface area contributed by atoms with Gasteiger partial charge in [0.05, 0.1) is 19.1 Å². The average molecular weight is 289 g/mol. The second kappa shape index (κ2) is 6.82. The summed E-state index contributed by atoms with van der Waals surface area (Å²) in [6.45, 7) is 0.565. The Hall–Kier alpha value is -2.20. The van der Waals surface area contributed by atoms with Gasteiger partial charge in [-0.15, -0.1) is 10.2 Å². The number of nitrogen functional groups attached to an aromatic ring is 1. The highest BCUT2D eigenvalue weighted by molar-refractivity contribution is 7.99. The first kappa shape index (κ1) is 14.2. The molecule has 0 spiro atoms. The number of hydrogen-bond donors (Lipinski definition) is 1. The maximum atomic E-state index is 8.59. The van der Waals surface area contributed by atoms with Gasteiger partial charge in [-0.1, -0.05) is 23.9 Å². The Balaban J connectivity index is 1.76. The zero-order chi connectivity index (χ0) is 14.4. The lowest BCUT2D eigenvalue weighted by Crippen LogP contribution is -2.02. The number of nitrogens with two attached hydrogens (primary N) is 1. The minimum atomic E-state index is 0.404. The molecule has 1 heterocycles. The molecule has 0 aliphatic rings. The van der Waals surface area contributed by atoms with Crippen LogP contribution in [0.15, 0.2) is 29.4 Å². The number of thioether (sulfide) groups is 1. The molecular formula is C13H15N5OS. The van der Waals surface area contributed by atoms with E-state index in [4.69, 9.17) is 15.7 Å². The van der Waals surface area contributed by atoms with Crippen LogP contribution in [0, 0.1) is 11.3 Å². The molecule has 6 nitrogen and oxygen atoms in total. The maximum absolute atomic E-state index is 8.59. The van der Waals surface area contributed by atoms with Crippen LogP contribution in [0.4, 0.5) is 5.95 Å². The molecule has 0 bridgehead atoms. The molecule has 2 rings (SSSR count). The lowest BCUT2D eigenvalue weighted by atomic mass is 10.2. The van der Waals surface area contributed by atoms with Crippen LogP contribution in [0.5, 0.6) is 5.75 Å². The topological polar surface area (TPSA) is 89.8 Å². The lowest BCUT2D eigenvalue weighted by molar-refractivity contribution is 0.343. The SMILES string of the molecule is Cn1c(N)nnc1SCCOc1ccc(CC#N)cc1. The highest BCUT2D eigenvalue weighted by Crippen LogP contribution is 2.17. The molecule has 1 aromatic heterocycles. The first-order valence-electron chi connectivity index (χ1n) is 6.07. The van der Waals surface area contributed by atoms with Gasteiger partial charge >= 0.3 is 0 Å². The van der Waals surface area contributed by atoms with Crippen LogP contribution in [0.25, 0.3) is 0 Å². The maximum Gasteiger partial charge on any atom is 0.222 e. The molecule has 0 unspecified atom stereocenters. The monoisotopic (exact) mass is 289 g/mol. The van der Waals surface area contributed by atoms with E-state index >= 15 is 0 Å². The smallest absolute Gasteiger partial charge is 0.222 e. The van der Waals surface area contributed by atoms with E-state index in [0.717, 1.165) is 22.2 Å². The largest absolute Gasteiger partial charge is 0.493 e. The zero-order valence-corrected chi connectivity index (χ0v) is 11.9. The number of benzene rings is 1. The van der Waals surface area contributed by atoms with E-state index in [-0.39, 0.29) is 0 Å². The summed E-state index contributed by atoms with van der Waals surface area (Å²) in [5, 5.41) is 17.1. The number of ether oxygens (including phenoxy) is 1. The number of nitriles is 1. The summed E-state index contributed by atoms with van der Waals surface area (Å²) in [7, 11) is 1.83. The Labute approximate surface area is 121 Å². The normalized spacial score (nSPS) is 10.2. The van der Waals surface area contributed by atoms with Crippen molar-refractivity contribution in [1.82, 2.24) is 14.8 Å². The van der Waals surface area contributed by atoms with Gasteiger partial charge in [0.1, 0.15) is 5.75 Å². The van der Waals surface area contributed by atoms with Gasteiger partial charge in [-0.2, -0.15) is 5.26 Å². The van der Waals surface area contributed by atoms with Crippen LogP contribution in [0.2, 0.25) is 0 Å². The fourth-order valence-electron chi connectivity index (χ4n) is 1.54. The average Bonchev–Trinajstić information content (AvgIpc) is 2.77. The van der Waals surface area contributed by atoms with Crippen LogP contribution in [-0.4, -0.2) is 27.1 Å². The highest BCUT2D eigenvalue weighted by atomic mass is 32.2. The van der Waals surface area contributed by atoms with E-state index in [2.05, 4.69) is 16.3 Å². The summed E-state index contributed by atoms with van der Waals surface area (Å²) in [5.41, 5.74) is 6.59. The molecule has 0 amide bonds. The van der Waals surface area contributed by atoms with Crippen molar-refractivity contribution in [3.63, 3.8) is 0 Å². The molecule has 2 N–H and O–H groups in total. The van der Waals surface area contributed by atoms with Crippen LogP contribution in [-0.2, 0) is 13.5 Å². The molecule has 0 aliphatic heterocycles. The van der Waals surface area contributed by atoms with Crippen molar-refractivity contribution < 1.29 is 4.74 Å². The summed E-state index contributed by atoms with van der Waals surface area (Å²) in [4.78, 5) is 0. The number of aromatic nitrogens is 3. The predicted molar refractivity (Wildman–Crippen MR) is 77.4 cm³/mol. The second-order valence-corrected chi connectivity index (χ2v) is 5.14. The van der Waals surface area contributed by atoms with Crippen molar-refractivity contribution in [1.29, 1.82) is 5.26 Å². The minimum Gasteiger partial charge on any atom is -0.493 e. The Morgan fingerprint density at radius 2 is 2.10 bits per heavy atom. The standard InChI is InChI=1S/C13H15N5OS/c1-18-12(15)16-17-13(18)20-9-8-19-11-4-2-10(3-5-11)6-7-14/h2-5H,6,8-9H2,1H3,(H2,15,16). The molecule has 0 radical (unpaired) electrons. The van der Waals surface area contributed by atoms with Crippen molar-refractivity contribution in [2.24, 2.45) is 7.05 Å². The second-order valence-electron chi connectivity index (χ2n) is 4.08.